The van der Waals surface area contributed by atoms with Crippen molar-refractivity contribution in [2.75, 3.05) is 0 Å². The van der Waals surface area contributed by atoms with Gasteiger partial charge in [-0.15, -0.1) is 11.3 Å². The Morgan fingerprint density at radius 1 is 1.59 bits per heavy atom. The van der Waals surface area contributed by atoms with E-state index in [1.54, 1.807) is 6.26 Å². The van der Waals surface area contributed by atoms with E-state index >= 15 is 0 Å². The van der Waals surface area contributed by atoms with Gasteiger partial charge in [0.15, 0.2) is 10.8 Å². The molecule has 0 unspecified atom stereocenters. The molecule has 2 aromatic rings. The van der Waals surface area contributed by atoms with Gasteiger partial charge in [-0.05, 0) is 25.0 Å². The molecule has 1 aliphatic rings. The summed E-state index contributed by atoms with van der Waals surface area (Å²) in [5, 5.41) is 9.67. The molecule has 4 nitrogen and oxygen atoms in total. The lowest BCUT2D eigenvalue weighted by molar-refractivity contribution is -0.136. The number of carboxylic acid groups (broad SMARTS) is 1. The molecule has 0 aromatic carbocycles. The van der Waals surface area contributed by atoms with Gasteiger partial charge in [0.1, 0.15) is 0 Å². The second kappa shape index (κ2) is 4.00. The van der Waals surface area contributed by atoms with Crippen LogP contribution >= 0.6 is 11.3 Å². The first-order chi connectivity index (χ1) is 8.24. The first-order valence-corrected chi connectivity index (χ1v) is 6.31. The first kappa shape index (κ1) is 10.5. The van der Waals surface area contributed by atoms with Gasteiger partial charge in [-0.25, -0.2) is 4.98 Å². The zero-order chi connectivity index (χ0) is 11.8. The molecule has 0 atom stereocenters. The largest absolute Gasteiger partial charge is 0.481 e. The standard InChI is InChI=1S/C12H11NO3S/c14-10(15)6-9-11(7-3-4-7)13-12(17-9)8-2-1-5-16-8/h1-2,5,7H,3-4,6H2,(H,14,15). The lowest BCUT2D eigenvalue weighted by Crippen LogP contribution is -2.00. The highest BCUT2D eigenvalue weighted by Crippen LogP contribution is 2.44. The maximum absolute atomic E-state index is 10.8. The molecule has 1 aliphatic carbocycles. The predicted octanol–water partition coefficient (Wildman–Crippen LogP) is 2.91. The molecule has 1 N–H and O–H groups in total. The zero-order valence-corrected chi connectivity index (χ0v) is 9.87. The van der Waals surface area contributed by atoms with Crippen LogP contribution in [0.25, 0.3) is 10.8 Å². The summed E-state index contributed by atoms with van der Waals surface area (Å²) in [7, 11) is 0. The van der Waals surface area contributed by atoms with Crippen LogP contribution < -0.4 is 0 Å². The molecule has 0 amide bonds. The summed E-state index contributed by atoms with van der Waals surface area (Å²) in [6.45, 7) is 0. The predicted molar refractivity (Wildman–Crippen MR) is 63.1 cm³/mol. The number of nitrogens with zero attached hydrogens (tertiary/aromatic N) is 1. The Kier molecular flexibility index (Phi) is 2.48. The molecule has 1 saturated carbocycles. The third kappa shape index (κ3) is 2.10. The molecule has 2 aromatic heterocycles. The summed E-state index contributed by atoms with van der Waals surface area (Å²) < 4.78 is 5.29. The number of rotatable bonds is 4. The van der Waals surface area contributed by atoms with Crippen molar-refractivity contribution in [3.05, 3.63) is 29.0 Å². The molecule has 0 aliphatic heterocycles. The molecule has 0 radical (unpaired) electrons. The summed E-state index contributed by atoms with van der Waals surface area (Å²) in [4.78, 5) is 16.2. The third-order valence-corrected chi connectivity index (χ3v) is 3.82. The monoisotopic (exact) mass is 249 g/mol. The SMILES string of the molecule is O=C(O)Cc1sc(-c2ccco2)nc1C1CC1. The summed E-state index contributed by atoms with van der Waals surface area (Å²) >= 11 is 1.43. The fourth-order valence-electron chi connectivity index (χ4n) is 1.81. The Morgan fingerprint density at radius 3 is 3.00 bits per heavy atom. The van der Waals surface area contributed by atoms with Crippen LogP contribution in [0.1, 0.15) is 29.3 Å². The van der Waals surface area contributed by atoms with Crippen molar-refractivity contribution in [2.24, 2.45) is 0 Å². The molecule has 1 fully saturated rings. The molecule has 0 saturated heterocycles. The van der Waals surface area contributed by atoms with E-state index in [1.165, 1.54) is 11.3 Å². The third-order valence-electron chi connectivity index (χ3n) is 2.74. The normalized spacial score (nSPS) is 15.1. The fraction of sp³-hybridized carbons (Fsp3) is 0.333. The highest BCUT2D eigenvalue weighted by molar-refractivity contribution is 7.15. The Morgan fingerprint density at radius 2 is 2.41 bits per heavy atom. The molecule has 0 bridgehead atoms. The van der Waals surface area contributed by atoms with Gasteiger partial charge in [0.25, 0.3) is 0 Å². The summed E-state index contributed by atoms with van der Waals surface area (Å²) in [5.41, 5.74) is 0.962. The van der Waals surface area contributed by atoms with Crippen molar-refractivity contribution in [2.45, 2.75) is 25.2 Å². The number of hydrogen-bond donors (Lipinski definition) is 1. The molecule has 88 valence electrons. The van der Waals surface area contributed by atoms with Crippen molar-refractivity contribution in [3.63, 3.8) is 0 Å². The van der Waals surface area contributed by atoms with Crippen molar-refractivity contribution >= 4 is 17.3 Å². The van der Waals surface area contributed by atoms with Gasteiger partial charge in [-0.2, -0.15) is 0 Å². The number of carbonyl (C=O) groups is 1. The smallest absolute Gasteiger partial charge is 0.308 e. The molecular weight excluding hydrogens is 238 g/mol. The summed E-state index contributed by atoms with van der Waals surface area (Å²) in [6.07, 6.45) is 3.90. The Balaban J connectivity index is 1.98. The van der Waals surface area contributed by atoms with Crippen molar-refractivity contribution < 1.29 is 14.3 Å². The number of furan rings is 1. The number of hydrogen-bond acceptors (Lipinski definition) is 4. The van der Waals surface area contributed by atoms with E-state index in [2.05, 4.69) is 4.98 Å². The number of thiazole rings is 1. The average Bonchev–Trinajstić information content (AvgIpc) is 2.83. The van der Waals surface area contributed by atoms with Crippen LogP contribution in [0.15, 0.2) is 22.8 Å². The maximum Gasteiger partial charge on any atom is 0.308 e. The average molecular weight is 249 g/mol. The molecule has 17 heavy (non-hydrogen) atoms. The summed E-state index contributed by atoms with van der Waals surface area (Å²) in [5.74, 6) is 0.374. The second-order valence-electron chi connectivity index (χ2n) is 4.15. The maximum atomic E-state index is 10.8. The van der Waals surface area contributed by atoms with Crippen molar-refractivity contribution in [1.29, 1.82) is 0 Å². The van der Waals surface area contributed by atoms with E-state index in [0.29, 0.717) is 11.7 Å². The molecular formula is C12H11NO3S. The van der Waals surface area contributed by atoms with Crippen LogP contribution in [0.2, 0.25) is 0 Å². The van der Waals surface area contributed by atoms with Gasteiger partial charge >= 0.3 is 5.97 Å². The van der Waals surface area contributed by atoms with E-state index in [9.17, 15) is 4.79 Å². The number of aliphatic carboxylic acids is 1. The lowest BCUT2D eigenvalue weighted by Gasteiger charge is -1.94. The van der Waals surface area contributed by atoms with E-state index in [-0.39, 0.29) is 6.42 Å². The van der Waals surface area contributed by atoms with E-state index in [1.807, 2.05) is 12.1 Å². The highest BCUT2D eigenvalue weighted by atomic mass is 32.1. The van der Waals surface area contributed by atoms with E-state index < -0.39 is 5.97 Å². The van der Waals surface area contributed by atoms with Gasteiger partial charge in [-0.1, -0.05) is 0 Å². The molecule has 0 spiro atoms. The van der Waals surface area contributed by atoms with Crippen LogP contribution in [-0.4, -0.2) is 16.1 Å². The molecule has 2 heterocycles. The van der Waals surface area contributed by atoms with Gasteiger partial charge < -0.3 is 9.52 Å². The summed E-state index contributed by atoms with van der Waals surface area (Å²) in [6, 6.07) is 3.66. The minimum absolute atomic E-state index is 0.0597. The number of aromatic nitrogens is 1. The molecule has 3 rings (SSSR count). The van der Waals surface area contributed by atoms with Crippen LogP contribution in [0.5, 0.6) is 0 Å². The van der Waals surface area contributed by atoms with Crippen molar-refractivity contribution in [3.8, 4) is 10.8 Å². The number of carboxylic acids is 1. The molecule has 5 heteroatoms. The zero-order valence-electron chi connectivity index (χ0n) is 9.05. The highest BCUT2D eigenvalue weighted by Gasteiger charge is 2.30. The van der Waals surface area contributed by atoms with Crippen LogP contribution in [0.3, 0.4) is 0 Å². The topological polar surface area (TPSA) is 63.3 Å². The van der Waals surface area contributed by atoms with Crippen LogP contribution in [-0.2, 0) is 11.2 Å². The van der Waals surface area contributed by atoms with Gasteiger partial charge in [-0.3, -0.25) is 4.79 Å². The van der Waals surface area contributed by atoms with Gasteiger partial charge in [0.2, 0.25) is 0 Å². The fourth-order valence-corrected chi connectivity index (χ4v) is 2.92. The lowest BCUT2D eigenvalue weighted by atomic mass is 10.2. The quantitative estimate of drug-likeness (QED) is 0.904. The second-order valence-corrected chi connectivity index (χ2v) is 5.23. The van der Waals surface area contributed by atoms with E-state index in [4.69, 9.17) is 9.52 Å². The van der Waals surface area contributed by atoms with Crippen LogP contribution in [0.4, 0.5) is 0 Å². The van der Waals surface area contributed by atoms with Gasteiger partial charge in [0, 0.05) is 10.8 Å². The van der Waals surface area contributed by atoms with Gasteiger partial charge in [0.05, 0.1) is 18.4 Å². The van der Waals surface area contributed by atoms with Crippen molar-refractivity contribution in [1.82, 2.24) is 4.98 Å². The van der Waals surface area contributed by atoms with Crippen LogP contribution in [0, 0.1) is 0 Å². The first-order valence-electron chi connectivity index (χ1n) is 5.49. The minimum atomic E-state index is -0.804. The Bertz CT molecular complexity index is 540. The Hall–Kier alpha value is -1.62. The van der Waals surface area contributed by atoms with E-state index in [0.717, 1.165) is 28.4 Å². The minimum Gasteiger partial charge on any atom is -0.481 e. The Labute approximate surface area is 102 Å².